The highest BCUT2D eigenvalue weighted by atomic mass is 16.2. The Kier molecular flexibility index (Phi) is 5.02. The summed E-state index contributed by atoms with van der Waals surface area (Å²) in [7, 11) is 0. The number of hydrogen-bond donors (Lipinski definition) is 2. The third-order valence-corrected chi connectivity index (χ3v) is 3.97. The minimum absolute atomic E-state index is 0.233. The van der Waals surface area contributed by atoms with Crippen LogP contribution < -0.4 is 16.3 Å². The predicted molar refractivity (Wildman–Crippen MR) is 105 cm³/mol. The number of para-hydroxylation sites is 1. The lowest BCUT2D eigenvalue weighted by Gasteiger charge is -2.17. The van der Waals surface area contributed by atoms with Gasteiger partial charge in [-0.25, -0.2) is 9.59 Å². The summed E-state index contributed by atoms with van der Waals surface area (Å²) in [6, 6.07) is 14.4. The van der Waals surface area contributed by atoms with E-state index in [1.807, 2.05) is 63.2 Å². The molecule has 0 unspecified atom stereocenters. The van der Waals surface area contributed by atoms with Crippen molar-refractivity contribution in [2.24, 2.45) is 5.92 Å². The summed E-state index contributed by atoms with van der Waals surface area (Å²) < 4.78 is 1.52. The first-order valence-electron chi connectivity index (χ1n) is 8.58. The van der Waals surface area contributed by atoms with Crippen LogP contribution in [0.3, 0.4) is 0 Å². The zero-order chi connectivity index (χ0) is 18.7. The van der Waals surface area contributed by atoms with E-state index >= 15 is 0 Å². The number of aryl methyl sites for hydroxylation is 1. The molecule has 6 nitrogen and oxygen atoms in total. The van der Waals surface area contributed by atoms with Gasteiger partial charge in [0.2, 0.25) is 0 Å². The van der Waals surface area contributed by atoms with Gasteiger partial charge in [-0.15, -0.1) is 0 Å². The average molecular weight is 350 g/mol. The third kappa shape index (κ3) is 3.91. The van der Waals surface area contributed by atoms with Gasteiger partial charge in [0, 0.05) is 17.6 Å². The van der Waals surface area contributed by atoms with E-state index in [-0.39, 0.29) is 11.6 Å². The highest BCUT2D eigenvalue weighted by Gasteiger charge is 2.15. The molecule has 0 aliphatic heterocycles. The normalized spacial score (nSPS) is 10.9. The molecule has 0 fully saturated rings. The number of nitrogens with one attached hydrogen (secondary N) is 2. The standard InChI is InChI=1S/C20H22N4O2/c1-13(2)12-24-18(16-6-4-5-7-17(16)22-20(24)26)23-19(25)21-15-10-8-14(3)9-11-15/h4-11,13H,12H2,1-3H3,(H2,21,23,25). The van der Waals surface area contributed by atoms with Gasteiger partial charge in [-0.1, -0.05) is 43.7 Å². The van der Waals surface area contributed by atoms with Crippen LogP contribution in [0.25, 0.3) is 10.9 Å². The lowest BCUT2D eigenvalue weighted by Crippen LogP contribution is -2.31. The maximum atomic E-state index is 12.5. The molecule has 1 aromatic heterocycles. The van der Waals surface area contributed by atoms with Gasteiger partial charge in [0.05, 0.1) is 5.52 Å². The van der Waals surface area contributed by atoms with Crippen LogP contribution in [0, 0.1) is 12.8 Å². The Balaban J connectivity index is 1.97. The number of fused-ring (bicyclic) bond motifs is 1. The summed E-state index contributed by atoms with van der Waals surface area (Å²) in [6.07, 6.45) is 0. The number of urea groups is 1. The molecule has 0 spiro atoms. The minimum atomic E-state index is -0.401. The molecule has 2 aromatic carbocycles. The molecular formula is C20H22N4O2. The minimum Gasteiger partial charge on any atom is -0.308 e. The fraction of sp³-hybridized carbons (Fsp3) is 0.250. The quantitative estimate of drug-likeness (QED) is 0.746. The number of anilines is 2. The fourth-order valence-corrected chi connectivity index (χ4v) is 2.75. The highest BCUT2D eigenvalue weighted by molar-refractivity contribution is 6.04. The maximum absolute atomic E-state index is 12.5. The largest absolute Gasteiger partial charge is 0.349 e. The Hall–Kier alpha value is -3.15. The second kappa shape index (κ2) is 7.39. The number of hydrogen-bond acceptors (Lipinski definition) is 3. The number of aromatic nitrogens is 2. The molecule has 134 valence electrons. The molecule has 2 N–H and O–H groups in total. The van der Waals surface area contributed by atoms with E-state index in [0.29, 0.717) is 23.6 Å². The molecular weight excluding hydrogens is 328 g/mol. The average Bonchev–Trinajstić information content (AvgIpc) is 2.59. The molecule has 3 rings (SSSR count). The Morgan fingerprint density at radius 1 is 1.08 bits per heavy atom. The molecule has 0 aliphatic carbocycles. The van der Waals surface area contributed by atoms with Crippen LogP contribution >= 0.6 is 0 Å². The lowest BCUT2D eigenvalue weighted by atomic mass is 10.2. The first kappa shape index (κ1) is 17.7. The monoisotopic (exact) mass is 350 g/mol. The van der Waals surface area contributed by atoms with Crippen LogP contribution in [-0.2, 0) is 6.54 Å². The molecule has 3 aromatic rings. The molecule has 0 saturated carbocycles. The van der Waals surface area contributed by atoms with Crippen molar-refractivity contribution in [3.63, 3.8) is 0 Å². The van der Waals surface area contributed by atoms with Crippen LogP contribution in [0.5, 0.6) is 0 Å². The molecule has 26 heavy (non-hydrogen) atoms. The van der Waals surface area contributed by atoms with Gasteiger partial charge in [-0.2, -0.15) is 4.98 Å². The summed E-state index contributed by atoms with van der Waals surface area (Å²) >= 11 is 0. The van der Waals surface area contributed by atoms with E-state index in [9.17, 15) is 9.59 Å². The van der Waals surface area contributed by atoms with Crippen molar-refractivity contribution in [1.29, 1.82) is 0 Å². The van der Waals surface area contributed by atoms with Crippen LogP contribution in [0.4, 0.5) is 16.3 Å². The van der Waals surface area contributed by atoms with Crippen molar-refractivity contribution in [3.05, 3.63) is 64.6 Å². The maximum Gasteiger partial charge on any atom is 0.349 e. The Labute approximate surface area is 151 Å². The second-order valence-electron chi connectivity index (χ2n) is 6.71. The van der Waals surface area contributed by atoms with E-state index in [1.54, 1.807) is 6.07 Å². The number of benzene rings is 2. The Bertz CT molecular complexity index is 991. The predicted octanol–water partition coefficient (Wildman–Crippen LogP) is 4.00. The van der Waals surface area contributed by atoms with Crippen molar-refractivity contribution in [2.75, 3.05) is 10.6 Å². The number of nitrogens with zero attached hydrogens (tertiary/aromatic N) is 2. The lowest BCUT2D eigenvalue weighted by molar-refractivity contribution is 0.262. The zero-order valence-electron chi connectivity index (χ0n) is 15.1. The SMILES string of the molecule is Cc1ccc(NC(=O)Nc2c3ccccc3nc(=O)n2CC(C)C)cc1. The zero-order valence-corrected chi connectivity index (χ0v) is 15.1. The van der Waals surface area contributed by atoms with Gasteiger partial charge in [0.25, 0.3) is 0 Å². The first-order valence-corrected chi connectivity index (χ1v) is 8.58. The van der Waals surface area contributed by atoms with Crippen LogP contribution in [0.2, 0.25) is 0 Å². The molecule has 0 atom stereocenters. The fourth-order valence-electron chi connectivity index (χ4n) is 2.75. The van der Waals surface area contributed by atoms with Gasteiger partial charge in [-0.3, -0.25) is 9.88 Å². The summed E-state index contributed by atoms with van der Waals surface area (Å²) in [5.74, 6) is 0.690. The van der Waals surface area contributed by atoms with E-state index in [0.717, 1.165) is 10.9 Å². The van der Waals surface area contributed by atoms with Crippen molar-refractivity contribution < 1.29 is 4.79 Å². The van der Waals surface area contributed by atoms with Crippen molar-refractivity contribution in [3.8, 4) is 0 Å². The highest BCUT2D eigenvalue weighted by Crippen LogP contribution is 2.21. The molecule has 0 aliphatic rings. The number of carbonyl (C=O) groups excluding carboxylic acids is 1. The molecule has 1 heterocycles. The van der Waals surface area contributed by atoms with Gasteiger partial charge in [0.1, 0.15) is 5.82 Å². The smallest absolute Gasteiger partial charge is 0.308 e. The molecule has 6 heteroatoms. The summed E-state index contributed by atoms with van der Waals surface area (Å²) in [5, 5.41) is 6.36. The number of carbonyl (C=O) groups is 1. The van der Waals surface area contributed by atoms with Gasteiger partial charge in [0.15, 0.2) is 0 Å². The van der Waals surface area contributed by atoms with E-state index in [2.05, 4.69) is 15.6 Å². The van der Waals surface area contributed by atoms with Crippen molar-refractivity contribution in [2.45, 2.75) is 27.3 Å². The summed E-state index contributed by atoms with van der Waals surface area (Å²) in [5.41, 5.74) is 1.98. The van der Waals surface area contributed by atoms with Gasteiger partial charge >= 0.3 is 11.7 Å². The molecule has 0 radical (unpaired) electrons. The van der Waals surface area contributed by atoms with E-state index < -0.39 is 6.03 Å². The van der Waals surface area contributed by atoms with Crippen LogP contribution in [0.15, 0.2) is 53.3 Å². The Morgan fingerprint density at radius 3 is 2.46 bits per heavy atom. The first-order chi connectivity index (χ1) is 12.4. The molecule has 0 bridgehead atoms. The van der Waals surface area contributed by atoms with Crippen LogP contribution in [-0.4, -0.2) is 15.6 Å². The second-order valence-corrected chi connectivity index (χ2v) is 6.71. The van der Waals surface area contributed by atoms with Crippen molar-refractivity contribution >= 4 is 28.4 Å². The number of rotatable bonds is 4. The van der Waals surface area contributed by atoms with Crippen molar-refractivity contribution in [1.82, 2.24) is 9.55 Å². The molecule has 2 amide bonds. The van der Waals surface area contributed by atoms with E-state index in [1.165, 1.54) is 4.57 Å². The Morgan fingerprint density at radius 2 is 1.77 bits per heavy atom. The van der Waals surface area contributed by atoms with Gasteiger partial charge < -0.3 is 5.32 Å². The van der Waals surface area contributed by atoms with Gasteiger partial charge in [-0.05, 0) is 37.1 Å². The van der Waals surface area contributed by atoms with Crippen LogP contribution in [0.1, 0.15) is 19.4 Å². The topological polar surface area (TPSA) is 76.0 Å². The van der Waals surface area contributed by atoms with E-state index in [4.69, 9.17) is 0 Å². The summed E-state index contributed by atoms with van der Waals surface area (Å²) in [6.45, 7) is 6.48. The number of amides is 2. The third-order valence-electron chi connectivity index (χ3n) is 3.97. The molecule has 0 saturated heterocycles. The summed E-state index contributed by atoms with van der Waals surface area (Å²) in [4.78, 5) is 29.1.